The zero-order valence-electron chi connectivity index (χ0n) is 29.7. The third-order valence-corrected chi connectivity index (χ3v) is 13.4. The van der Waals surface area contributed by atoms with Gasteiger partial charge in [-0.3, -0.25) is 14.4 Å². The maximum absolute atomic E-state index is 14.7. The minimum Gasteiger partial charge on any atom is -0.444 e. The predicted molar refractivity (Wildman–Crippen MR) is 176 cm³/mol. The first-order chi connectivity index (χ1) is 21.1. The zero-order chi connectivity index (χ0) is 34.3. The molecule has 2 N–H and O–H groups in total. The van der Waals surface area contributed by atoms with Crippen molar-refractivity contribution in [2.45, 2.75) is 120 Å². The van der Waals surface area contributed by atoms with Crippen molar-refractivity contribution >= 4 is 23.6 Å². The van der Waals surface area contributed by atoms with E-state index >= 15 is 0 Å². The van der Waals surface area contributed by atoms with E-state index in [0.717, 1.165) is 44.1 Å². The van der Waals surface area contributed by atoms with Crippen LogP contribution in [0, 0.1) is 61.6 Å². The lowest BCUT2D eigenvalue weighted by molar-refractivity contribution is -0.178. The van der Waals surface area contributed by atoms with E-state index in [0.29, 0.717) is 6.42 Å². The van der Waals surface area contributed by atoms with E-state index in [1.54, 1.807) is 0 Å². The highest BCUT2D eigenvalue weighted by atomic mass is 16.6. The fourth-order valence-electron chi connectivity index (χ4n) is 10.9. The van der Waals surface area contributed by atoms with Crippen LogP contribution in [0.1, 0.15) is 114 Å². The van der Waals surface area contributed by atoms with Crippen LogP contribution in [0.4, 0.5) is 4.79 Å². The normalized spacial score (nSPS) is 39.2. The molecule has 0 heterocycles. The van der Waals surface area contributed by atoms with Gasteiger partial charge in [0.2, 0.25) is 5.91 Å². The summed E-state index contributed by atoms with van der Waals surface area (Å²) in [5.41, 5.74) is -2.00. The first kappa shape index (κ1) is 34.4. The van der Waals surface area contributed by atoms with Crippen LogP contribution in [0.5, 0.6) is 0 Å². The van der Waals surface area contributed by atoms with Gasteiger partial charge in [0, 0.05) is 29.8 Å². The Morgan fingerprint density at radius 3 is 2.22 bits per heavy atom. The van der Waals surface area contributed by atoms with Crippen LogP contribution in [-0.2, 0) is 19.1 Å². The molecule has 3 fully saturated rings. The van der Waals surface area contributed by atoms with Gasteiger partial charge >= 0.3 is 6.09 Å². The number of allylic oxidation sites excluding steroid dienone is 4. The number of rotatable bonds is 4. The Morgan fingerprint density at radius 1 is 0.957 bits per heavy atom. The lowest BCUT2D eigenvalue weighted by Gasteiger charge is -2.69. The molecule has 0 unspecified atom stereocenters. The number of nitriles is 1. The Bertz CT molecular complexity index is 1460. The zero-order valence-corrected chi connectivity index (χ0v) is 29.7. The lowest BCUT2D eigenvalue weighted by atomic mass is 9.34. The summed E-state index contributed by atoms with van der Waals surface area (Å²) in [5, 5.41) is 15.8. The molecule has 5 rings (SSSR count). The van der Waals surface area contributed by atoms with Crippen molar-refractivity contribution in [3.63, 3.8) is 0 Å². The Balaban J connectivity index is 1.49. The number of nitrogens with one attached hydrogen (secondary N) is 2. The average molecular weight is 634 g/mol. The number of carbonyl (C=O) groups is 4. The van der Waals surface area contributed by atoms with Gasteiger partial charge < -0.3 is 15.4 Å². The molecule has 0 aromatic carbocycles. The van der Waals surface area contributed by atoms with Crippen molar-refractivity contribution in [1.29, 1.82) is 5.26 Å². The second kappa shape index (κ2) is 10.8. The van der Waals surface area contributed by atoms with Crippen molar-refractivity contribution in [3.8, 4) is 6.07 Å². The first-order valence-corrected chi connectivity index (χ1v) is 17.3. The van der Waals surface area contributed by atoms with Gasteiger partial charge in [0.25, 0.3) is 0 Å². The summed E-state index contributed by atoms with van der Waals surface area (Å²) in [4.78, 5) is 54.4. The Labute approximate surface area is 275 Å². The quantitative estimate of drug-likeness (QED) is 0.326. The maximum Gasteiger partial charge on any atom is 0.407 e. The Kier molecular flexibility index (Phi) is 8.06. The molecule has 0 spiro atoms. The molecule has 8 nitrogen and oxygen atoms in total. The minimum atomic E-state index is -0.705. The highest BCUT2D eigenvalue weighted by Crippen LogP contribution is 2.74. The van der Waals surface area contributed by atoms with Crippen LogP contribution in [0.3, 0.4) is 0 Å². The fourth-order valence-corrected chi connectivity index (χ4v) is 10.9. The van der Waals surface area contributed by atoms with Crippen molar-refractivity contribution in [1.82, 2.24) is 10.6 Å². The fraction of sp³-hybridized carbons (Fsp3) is 0.763. The van der Waals surface area contributed by atoms with E-state index in [1.165, 1.54) is 0 Å². The lowest BCUT2D eigenvalue weighted by Crippen LogP contribution is -2.66. The SMILES string of the molecule is CC1(C)CC[C@]2(C(=O)NCCNC(=O)OC(C)(C)C)CC[C@]3(C)[C@H](C(=O)C=C4[C@@]5(C)C=C(C#N)C(=O)C(C)(C)[C@@H]5CC[C@]43C)[C@@H]2C1. The van der Waals surface area contributed by atoms with Crippen LogP contribution < -0.4 is 10.6 Å². The molecule has 3 saturated carbocycles. The number of ketones is 2. The summed E-state index contributed by atoms with van der Waals surface area (Å²) in [6.07, 6.45) is 8.82. The smallest absolute Gasteiger partial charge is 0.407 e. The molecule has 0 saturated heterocycles. The van der Waals surface area contributed by atoms with Crippen LogP contribution in [0.15, 0.2) is 23.3 Å². The molecule has 5 aliphatic rings. The number of carbonyl (C=O) groups excluding carboxylic acids is 4. The topological polar surface area (TPSA) is 125 Å². The largest absolute Gasteiger partial charge is 0.444 e. The molecule has 252 valence electrons. The highest BCUT2D eigenvalue weighted by molar-refractivity contribution is 6.04. The number of ether oxygens (including phenoxy) is 1. The van der Waals surface area contributed by atoms with Gasteiger partial charge in [0.15, 0.2) is 11.6 Å². The highest BCUT2D eigenvalue weighted by Gasteiger charge is 2.70. The van der Waals surface area contributed by atoms with Gasteiger partial charge in [-0.05, 0) is 99.9 Å². The third-order valence-electron chi connectivity index (χ3n) is 13.4. The van der Waals surface area contributed by atoms with Gasteiger partial charge in [-0.2, -0.15) is 5.26 Å². The molecule has 0 bridgehead atoms. The number of hydrogen-bond acceptors (Lipinski definition) is 6. The molecule has 5 aliphatic carbocycles. The second-order valence-electron chi connectivity index (χ2n) is 18.1. The number of alkyl carbamates (subject to hydrolysis) is 1. The van der Waals surface area contributed by atoms with E-state index in [-0.39, 0.29) is 70.1 Å². The molecule has 0 aliphatic heterocycles. The summed E-state index contributed by atoms with van der Waals surface area (Å²) in [6.45, 7) is 21.1. The number of amides is 2. The molecular formula is C38H55N3O5. The molecule has 46 heavy (non-hydrogen) atoms. The number of hydrogen-bond donors (Lipinski definition) is 2. The van der Waals surface area contributed by atoms with Crippen LogP contribution >= 0.6 is 0 Å². The van der Waals surface area contributed by atoms with E-state index < -0.39 is 27.9 Å². The van der Waals surface area contributed by atoms with Gasteiger partial charge in [-0.25, -0.2) is 4.79 Å². The monoisotopic (exact) mass is 633 g/mol. The van der Waals surface area contributed by atoms with Gasteiger partial charge in [0.1, 0.15) is 11.7 Å². The van der Waals surface area contributed by atoms with Crippen molar-refractivity contribution < 1.29 is 23.9 Å². The Hall–Kier alpha value is -2.95. The van der Waals surface area contributed by atoms with E-state index in [9.17, 15) is 24.4 Å². The number of nitrogens with zero attached hydrogens (tertiary/aromatic N) is 1. The molecule has 0 aromatic rings. The Morgan fingerprint density at radius 2 is 1.59 bits per heavy atom. The first-order valence-electron chi connectivity index (χ1n) is 17.3. The van der Waals surface area contributed by atoms with Crippen LogP contribution in [-0.4, -0.2) is 42.3 Å². The van der Waals surface area contributed by atoms with Gasteiger partial charge in [-0.1, -0.05) is 60.1 Å². The molecule has 0 aromatic heterocycles. The minimum absolute atomic E-state index is 0.00201. The average Bonchev–Trinajstić information content (AvgIpc) is 2.93. The maximum atomic E-state index is 14.7. The van der Waals surface area contributed by atoms with E-state index in [1.807, 2.05) is 46.8 Å². The number of fused-ring (bicyclic) bond motifs is 7. The summed E-state index contributed by atoms with van der Waals surface area (Å²) in [7, 11) is 0. The van der Waals surface area contributed by atoms with Crippen molar-refractivity contribution in [3.05, 3.63) is 23.3 Å². The molecule has 8 heteroatoms. The standard InChI is InChI=1S/C38H55N3O5/c1-32(2,3)46-31(45)41-18-17-40-30(44)38-15-13-33(4,5)21-24(38)28-25(42)19-27-35(8)20-23(22-39)29(43)34(6,7)26(35)11-12-36(27,9)37(28,10)14-16-38/h19-20,24,26,28H,11-18,21H2,1-10H3,(H,40,44)(H,41,45)/t24-,26-,28-,35-,36+,37+,38-/m0/s1. The summed E-state index contributed by atoms with van der Waals surface area (Å²) in [6, 6.07) is 2.18. The molecular weight excluding hydrogens is 578 g/mol. The van der Waals surface area contributed by atoms with Crippen LogP contribution in [0.25, 0.3) is 0 Å². The van der Waals surface area contributed by atoms with E-state index in [4.69, 9.17) is 4.74 Å². The molecule has 7 atom stereocenters. The molecule has 2 amide bonds. The summed E-state index contributed by atoms with van der Waals surface area (Å²) in [5.74, 6) is -0.461. The number of Topliss-reactive ketones (excluding diaryl/α,β-unsaturated/α-hetero) is 1. The summed E-state index contributed by atoms with van der Waals surface area (Å²) < 4.78 is 5.33. The van der Waals surface area contributed by atoms with Crippen LogP contribution in [0.2, 0.25) is 0 Å². The van der Waals surface area contributed by atoms with E-state index in [2.05, 4.69) is 51.3 Å². The second-order valence-corrected chi connectivity index (χ2v) is 18.1. The molecule has 0 radical (unpaired) electrons. The van der Waals surface area contributed by atoms with Crippen molar-refractivity contribution in [2.24, 2.45) is 50.2 Å². The van der Waals surface area contributed by atoms with Gasteiger partial charge in [-0.15, -0.1) is 0 Å². The third kappa shape index (κ3) is 5.06. The van der Waals surface area contributed by atoms with Gasteiger partial charge in [0.05, 0.1) is 11.0 Å². The summed E-state index contributed by atoms with van der Waals surface area (Å²) >= 11 is 0. The van der Waals surface area contributed by atoms with Crippen molar-refractivity contribution in [2.75, 3.05) is 13.1 Å². The predicted octanol–water partition coefficient (Wildman–Crippen LogP) is 6.85.